The fraction of sp³-hybridized carbons (Fsp3) is 0.286. The van der Waals surface area contributed by atoms with E-state index in [-0.39, 0.29) is 18.9 Å². The van der Waals surface area contributed by atoms with Gasteiger partial charge in [-0.1, -0.05) is 17.7 Å². The molecule has 3 rings (SSSR count). The molecule has 1 aliphatic heterocycles. The van der Waals surface area contributed by atoms with Gasteiger partial charge in [0.25, 0.3) is 5.91 Å². The molecule has 8 nitrogen and oxygen atoms in total. The van der Waals surface area contributed by atoms with Gasteiger partial charge in [0.05, 0.1) is 25.8 Å². The van der Waals surface area contributed by atoms with Gasteiger partial charge in [-0.15, -0.1) is 0 Å². The van der Waals surface area contributed by atoms with Crippen molar-refractivity contribution in [2.24, 2.45) is 5.92 Å². The standard InChI is InChI=1S/C21H21ClN2O6/c1-28-16-6-7-17(18(10-16)29-2)24-11-13(8-20(24)26)21(27)30-12-19(25)23-15-5-3-4-14(22)9-15/h3-7,9-10,13H,8,11-12H2,1-2H3,(H,23,25)/t13-/m1/s1. The Kier molecular flexibility index (Phi) is 6.79. The number of hydrogen-bond acceptors (Lipinski definition) is 6. The van der Waals surface area contributed by atoms with Crippen LogP contribution >= 0.6 is 11.6 Å². The normalized spacial score (nSPS) is 15.6. The van der Waals surface area contributed by atoms with Crippen molar-refractivity contribution in [1.82, 2.24) is 0 Å². The van der Waals surface area contributed by atoms with Crippen molar-refractivity contribution < 1.29 is 28.6 Å². The molecule has 0 unspecified atom stereocenters. The molecule has 2 aromatic carbocycles. The fourth-order valence-electron chi connectivity index (χ4n) is 3.12. The van der Waals surface area contributed by atoms with E-state index in [0.717, 1.165) is 0 Å². The van der Waals surface area contributed by atoms with Gasteiger partial charge in [-0.3, -0.25) is 14.4 Å². The molecule has 2 aromatic rings. The van der Waals surface area contributed by atoms with E-state index in [4.69, 9.17) is 25.8 Å². The second kappa shape index (κ2) is 9.49. The zero-order chi connectivity index (χ0) is 21.7. The average molecular weight is 433 g/mol. The zero-order valence-corrected chi connectivity index (χ0v) is 17.3. The summed E-state index contributed by atoms with van der Waals surface area (Å²) in [5.41, 5.74) is 1.04. The predicted molar refractivity (Wildman–Crippen MR) is 111 cm³/mol. The number of esters is 1. The molecule has 0 aliphatic carbocycles. The first-order valence-electron chi connectivity index (χ1n) is 9.15. The number of benzene rings is 2. The third-order valence-electron chi connectivity index (χ3n) is 4.59. The van der Waals surface area contributed by atoms with Crippen molar-refractivity contribution in [2.45, 2.75) is 6.42 Å². The van der Waals surface area contributed by atoms with Crippen LogP contribution in [0.5, 0.6) is 11.5 Å². The van der Waals surface area contributed by atoms with Crippen molar-refractivity contribution in [2.75, 3.05) is 37.6 Å². The Balaban J connectivity index is 1.58. The van der Waals surface area contributed by atoms with E-state index < -0.39 is 24.4 Å². The molecule has 9 heteroatoms. The molecular weight excluding hydrogens is 412 g/mol. The summed E-state index contributed by atoms with van der Waals surface area (Å²) in [6, 6.07) is 11.7. The smallest absolute Gasteiger partial charge is 0.311 e. The van der Waals surface area contributed by atoms with Crippen molar-refractivity contribution >= 4 is 40.8 Å². The number of hydrogen-bond donors (Lipinski definition) is 1. The molecule has 1 N–H and O–H groups in total. The van der Waals surface area contributed by atoms with Gasteiger partial charge in [0.15, 0.2) is 6.61 Å². The second-order valence-electron chi connectivity index (χ2n) is 6.61. The van der Waals surface area contributed by atoms with E-state index in [1.165, 1.54) is 19.1 Å². The molecule has 0 radical (unpaired) electrons. The molecule has 1 atom stereocenters. The second-order valence-corrected chi connectivity index (χ2v) is 7.05. The summed E-state index contributed by atoms with van der Waals surface area (Å²) in [7, 11) is 3.02. The van der Waals surface area contributed by atoms with E-state index in [1.54, 1.807) is 42.5 Å². The van der Waals surface area contributed by atoms with Crippen LogP contribution in [0, 0.1) is 5.92 Å². The summed E-state index contributed by atoms with van der Waals surface area (Å²) in [6.07, 6.45) is -0.00999. The molecule has 1 fully saturated rings. The quantitative estimate of drug-likeness (QED) is 0.676. The molecule has 1 aliphatic rings. The molecule has 0 spiro atoms. The van der Waals surface area contributed by atoms with Crippen LogP contribution in [0.15, 0.2) is 42.5 Å². The van der Waals surface area contributed by atoms with Gasteiger partial charge in [0, 0.05) is 29.7 Å². The summed E-state index contributed by atoms with van der Waals surface area (Å²) < 4.78 is 15.6. The van der Waals surface area contributed by atoms with Crippen LogP contribution in [0.1, 0.15) is 6.42 Å². The lowest BCUT2D eigenvalue weighted by Crippen LogP contribution is -2.28. The number of rotatable bonds is 7. The Labute approximate surface area is 178 Å². The van der Waals surface area contributed by atoms with E-state index in [9.17, 15) is 14.4 Å². The van der Waals surface area contributed by atoms with E-state index >= 15 is 0 Å². The summed E-state index contributed by atoms with van der Waals surface area (Å²) >= 11 is 5.87. The summed E-state index contributed by atoms with van der Waals surface area (Å²) in [6.45, 7) is -0.321. The monoisotopic (exact) mass is 432 g/mol. The maximum absolute atomic E-state index is 12.5. The van der Waals surface area contributed by atoms with E-state index in [2.05, 4.69) is 5.32 Å². The Hall–Kier alpha value is -3.26. The third-order valence-corrected chi connectivity index (χ3v) is 4.83. The Morgan fingerprint density at radius 1 is 1.17 bits per heavy atom. The topological polar surface area (TPSA) is 94.2 Å². The SMILES string of the molecule is COc1ccc(N2C[C@H](C(=O)OCC(=O)Nc3cccc(Cl)c3)CC2=O)c(OC)c1. The van der Waals surface area contributed by atoms with Crippen LogP contribution in [0.4, 0.5) is 11.4 Å². The van der Waals surface area contributed by atoms with Crippen molar-refractivity contribution in [3.63, 3.8) is 0 Å². The number of methoxy groups -OCH3 is 2. The number of amides is 2. The highest BCUT2D eigenvalue weighted by Gasteiger charge is 2.37. The lowest BCUT2D eigenvalue weighted by molar-refractivity contribution is -0.151. The lowest BCUT2D eigenvalue weighted by atomic mass is 10.1. The predicted octanol–water partition coefficient (Wildman–Crippen LogP) is 2.89. The van der Waals surface area contributed by atoms with Crippen LogP contribution in [-0.4, -0.2) is 45.2 Å². The minimum Gasteiger partial charge on any atom is -0.497 e. The van der Waals surface area contributed by atoms with E-state index in [0.29, 0.717) is 27.9 Å². The van der Waals surface area contributed by atoms with E-state index in [1.807, 2.05) is 0 Å². The first kappa shape index (κ1) is 21.4. The van der Waals surface area contributed by atoms with Gasteiger partial charge >= 0.3 is 5.97 Å². The summed E-state index contributed by atoms with van der Waals surface area (Å²) in [4.78, 5) is 38.3. The number of carbonyl (C=O) groups excluding carboxylic acids is 3. The summed E-state index contributed by atoms with van der Waals surface area (Å²) in [5.74, 6) is -0.975. The average Bonchev–Trinajstić information content (AvgIpc) is 3.13. The van der Waals surface area contributed by atoms with Gasteiger partial charge in [-0.25, -0.2) is 0 Å². The number of nitrogens with zero attached hydrogens (tertiary/aromatic N) is 1. The van der Waals surface area contributed by atoms with Gasteiger partial charge < -0.3 is 24.4 Å². The highest BCUT2D eigenvalue weighted by Crippen LogP contribution is 2.36. The number of nitrogens with one attached hydrogen (secondary N) is 1. The minimum absolute atomic E-state index is 0.00999. The van der Waals surface area contributed by atoms with Crippen molar-refractivity contribution in [3.05, 3.63) is 47.5 Å². The molecular formula is C21H21ClN2O6. The fourth-order valence-corrected chi connectivity index (χ4v) is 3.31. The molecule has 30 heavy (non-hydrogen) atoms. The van der Waals surface area contributed by atoms with Crippen LogP contribution < -0.4 is 19.7 Å². The molecule has 0 bridgehead atoms. The molecule has 158 valence electrons. The van der Waals surface area contributed by atoms with Gasteiger partial charge in [0.1, 0.15) is 11.5 Å². The first-order chi connectivity index (χ1) is 14.4. The third kappa shape index (κ3) is 5.01. The van der Waals surface area contributed by atoms with Gasteiger partial charge in [-0.2, -0.15) is 0 Å². The Bertz CT molecular complexity index is 964. The Morgan fingerprint density at radius 3 is 2.67 bits per heavy atom. The minimum atomic E-state index is -0.678. The van der Waals surface area contributed by atoms with Crippen LogP contribution in [-0.2, 0) is 19.1 Å². The number of anilines is 2. The highest BCUT2D eigenvalue weighted by atomic mass is 35.5. The molecule has 0 saturated carbocycles. The zero-order valence-electron chi connectivity index (χ0n) is 16.5. The maximum Gasteiger partial charge on any atom is 0.311 e. The van der Waals surface area contributed by atoms with Gasteiger partial charge in [0.2, 0.25) is 5.91 Å². The highest BCUT2D eigenvalue weighted by molar-refractivity contribution is 6.30. The Morgan fingerprint density at radius 2 is 1.97 bits per heavy atom. The first-order valence-corrected chi connectivity index (χ1v) is 9.53. The lowest BCUT2D eigenvalue weighted by Gasteiger charge is -2.20. The largest absolute Gasteiger partial charge is 0.497 e. The maximum atomic E-state index is 12.5. The molecule has 2 amide bonds. The summed E-state index contributed by atoms with van der Waals surface area (Å²) in [5, 5.41) is 3.07. The molecule has 0 aromatic heterocycles. The van der Waals surface area contributed by atoms with Crippen LogP contribution in [0.25, 0.3) is 0 Å². The number of halogens is 1. The van der Waals surface area contributed by atoms with Crippen LogP contribution in [0.2, 0.25) is 5.02 Å². The van der Waals surface area contributed by atoms with Crippen molar-refractivity contribution in [1.29, 1.82) is 0 Å². The molecule has 1 saturated heterocycles. The van der Waals surface area contributed by atoms with Crippen LogP contribution in [0.3, 0.4) is 0 Å². The number of carbonyl (C=O) groups is 3. The number of ether oxygens (including phenoxy) is 3. The van der Waals surface area contributed by atoms with Crippen molar-refractivity contribution in [3.8, 4) is 11.5 Å². The molecule has 1 heterocycles. The van der Waals surface area contributed by atoms with Gasteiger partial charge in [-0.05, 0) is 30.3 Å².